The van der Waals surface area contributed by atoms with E-state index in [1.807, 2.05) is 36.4 Å². The van der Waals surface area contributed by atoms with Crippen LogP contribution in [-0.2, 0) is 6.61 Å². The van der Waals surface area contributed by atoms with Gasteiger partial charge in [-0.3, -0.25) is 4.99 Å². The average Bonchev–Trinajstić information content (AvgIpc) is 2.55. The van der Waals surface area contributed by atoms with E-state index in [1.165, 1.54) is 0 Å². The van der Waals surface area contributed by atoms with Crippen molar-refractivity contribution >= 4 is 29.0 Å². The first-order chi connectivity index (χ1) is 10.7. The summed E-state index contributed by atoms with van der Waals surface area (Å²) in [6.07, 6.45) is 1.06. The maximum atomic E-state index is 6.18. The van der Waals surface area contributed by atoms with E-state index in [-0.39, 0.29) is 0 Å². The minimum absolute atomic E-state index is 0.389. The molecule has 0 fully saturated rings. The van der Waals surface area contributed by atoms with Crippen LogP contribution in [-0.4, -0.2) is 18.9 Å². The molecule has 0 saturated carbocycles. The zero-order valence-corrected chi connectivity index (χ0v) is 13.5. The Bertz CT molecular complexity index is 701. The third-order valence-corrected chi connectivity index (χ3v) is 4.02. The van der Waals surface area contributed by atoms with Gasteiger partial charge in [0.05, 0.1) is 5.56 Å². The summed E-state index contributed by atoms with van der Waals surface area (Å²) in [7, 11) is 0. The first kappa shape index (κ1) is 15.2. The van der Waals surface area contributed by atoms with Crippen LogP contribution in [0.5, 0.6) is 5.75 Å². The van der Waals surface area contributed by atoms with Crippen molar-refractivity contribution < 1.29 is 4.74 Å². The van der Waals surface area contributed by atoms with Crippen LogP contribution in [0, 0.1) is 0 Å². The summed E-state index contributed by atoms with van der Waals surface area (Å²) in [6, 6.07) is 13.3. The third-order valence-electron chi connectivity index (χ3n) is 3.44. The molecule has 0 atom stereocenters. The molecule has 0 amide bonds. The quantitative estimate of drug-likeness (QED) is 0.903. The molecule has 0 radical (unpaired) electrons. The van der Waals surface area contributed by atoms with Gasteiger partial charge in [0.1, 0.15) is 18.2 Å². The van der Waals surface area contributed by atoms with Gasteiger partial charge in [-0.2, -0.15) is 0 Å². The van der Waals surface area contributed by atoms with Gasteiger partial charge in [-0.15, -0.1) is 0 Å². The number of hydrogen-bond acceptors (Lipinski definition) is 3. The number of amidine groups is 1. The number of nitrogens with one attached hydrogen (secondary N) is 1. The molecular formula is C17H16Cl2N2O. The summed E-state index contributed by atoms with van der Waals surface area (Å²) in [5, 5.41) is 4.55. The van der Waals surface area contributed by atoms with E-state index in [4.69, 9.17) is 27.9 Å². The molecule has 1 aliphatic heterocycles. The van der Waals surface area contributed by atoms with Gasteiger partial charge in [-0.1, -0.05) is 41.4 Å². The summed E-state index contributed by atoms with van der Waals surface area (Å²) in [4.78, 5) is 4.53. The number of ether oxygens (including phenoxy) is 1. The van der Waals surface area contributed by atoms with Crippen molar-refractivity contribution in [1.82, 2.24) is 5.32 Å². The van der Waals surface area contributed by atoms with Crippen molar-refractivity contribution in [3.63, 3.8) is 0 Å². The predicted molar refractivity (Wildman–Crippen MR) is 91.3 cm³/mol. The van der Waals surface area contributed by atoms with Gasteiger partial charge < -0.3 is 10.1 Å². The summed E-state index contributed by atoms with van der Waals surface area (Å²) < 4.78 is 5.95. The van der Waals surface area contributed by atoms with Crippen molar-refractivity contribution in [1.29, 1.82) is 0 Å². The van der Waals surface area contributed by atoms with Gasteiger partial charge in [0.15, 0.2) is 0 Å². The molecule has 2 aromatic carbocycles. The lowest BCUT2D eigenvalue weighted by Gasteiger charge is -2.18. The van der Waals surface area contributed by atoms with Gasteiger partial charge in [-0.05, 0) is 30.7 Å². The van der Waals surface area contributed by atoms with Crippen LogP contribution in [0.15, 0.2) is 47.5 Å². The molecule has 0 unspecified atom stereocenters. The van der Waals surface area contributed by atoms with Crippen LogP contribution in [0.3, 0.4) is 0 Å². The topological polar surface area (TPSA) is 33.6 Å². The minimum atomic E-state index is 0.389. The number of aliphatic imine (C=N–C) groups is 1. The lowest BCUT2D eigenvalue weighted by atomic mass is 10.1. The first-order valence-electron chi connectivity index (χ1n) is 7.18. The van der Waals surface area contributed by atoms with Gasteiger partial charge in [0.25, 0.3) is 0 Å². The molecule has 0 spiro atoms. The van der Waals surface area contributed by atoms with Crippen LogP contribution < -0.4 is 10.1 Å². The molecule has 0 saturated heterocycles. The molecule has 1 aliphatic rings. The van der Waals surface area contributed by atoms with E-state index in [1.54, 1.807) is 6.07 Å². The zero-order valence-electron chi connectivity index (χ0n) is 12.0. The lowest BCUT2D eigenvalue weighted by Crippen LogP contribution is -2.30. The molecular weight excluding hydrogens is 319 g/mol. The van der Waals surface area contributed by atoms with Crippen molar-refractivity contribution in [2.45, 2.75) is 13.0 Å². The summed E-state index contributed by atoms with van der Waals surface area (Å²) in [5.41, 5.74) is 1.88. The van der Waals surface area contributed by atoms with Crippen molar-refractivity contribution in [2.75, 3.05) is 13.1 Å². The Balaban J connectivity index is 1.79. The van der Waals surface area contributed by atoms with Crippen LogP contribution in [0.2, 0.25) is 10.0 Å². The normalized spacial score (nSPS) is 14.2. The zero-order chi connectivity index (χ0) is 15.4. The molecule has 1 N–H and O–H groups in total. The largest absolute Gasteiger partial charge is 0.488 e. The Morgan fingerprint density at radius 3 is 2.77 bits per heavy atom. The second kappa shape index (κ2) is 7.03. The van der Waals surface area contributed by atoms with E-state index in [0.717, 1.165) is 42.2 Å². The number of halogens is 2. The summed E-state index contributed by atoms with van der Waals surface area (Å²) in [5.74, 6) is 1.69. The van der Waals surface area contributed by atoms with Crippen LogP contribution in [0.1, 0.15) is 17.5 Å². The molecule has 22 heavy (non-hydrogen) atoms. The van der Waals surface area contributed by atoms with E-state index in [0.29, 0.717) is 16.7 Å². The molecule has 2 aromatic rings. The Kier molecular flexibility index (Phi) is 4.86. The number of benzene rings is 2. The minimum Gasteiger partial charge on any atom is -0.488 e. The van der Waals surface area contributed by atoms with Crippen LogP contribution >= 0.6 is 23.2 Å². The first-order valence-corrected chi connectivity index (χ1v) is 7.94. The fourth-order valence-electron chi connectivity index (χ4n) is 2.30. The fourth-order valence-corrected chi connectivity index (χ4v) is 2.76. The molecule has 3 nitrogen and oxygen atoms in total. The fraction of sp³-hybridized carbons (Fsp3) is 0.235. The Morgan fingerprint density at radius 1 is 1.14 bits per heavy atom. The maximum Gasteiger partial charge on any atom is 0.132 e. The van der Waals surface area contributed by atoms with Gasteiger partial charge in [0.2, 0.25) is 0 Å². The highest BCUT2D eigenvalue weighted by atomic mass is 35.5. The molecule has 0 bridgehead atoms. The van der Waals surface area contributed by atoms with Gasteiger partial charge >= 0.3 is 0 Å². The number of hydrogen-bond donors (Lipinski definition) is 1. The highest BCUT2D eigenvalue weighted by Gasteiger charge is 2.12. The number of para-hydroxylation sites is 1. The average molecular weight is 335 g/mol. The van der Waals surface area contributed by atoms with E-state index >= 15 is 0 Å². The lowest BCUT2D eigenvalue weighted by molar-refractivity contribution is 0.305. The van der Waals surface area contributed by atoms with Crippen LogP contribution in [0.4, 0.5) is 0 Å². The van der Waals surface area contributed by atoms with Crippen molar-refractivity contribution in [3.05, 3.63) is 63.6 Å². The maximum absolute atomic E-state index is 6.18. The molecule has 3 rings (SSSR count). The Labute approximate surface area is 139 Å². The molecule has 0 aliphatic carbocycles. The van der Waals surface area contributed by atoms with E-state index in [9.17, 15) is 0 Å². The monoisotopic (exact) mass is 334 g/mol. The van der Waals surface area contributed by atoms with Gasteiger partial charge in [-0.25, -0.2) is 0 Å². The SMILES string of the molecule is Clc1ccc(COc2ccccc2C2=NCCCN2)c(Cl)c1. The molecule has 0 aromatic heterocycles. The van der Waals surface area contributed by atoms with Crippen LogP contribution in [0.25, 0.3) is 0 Å². The van der Waals surface area contributed by atoms with Crippen molar-refractivity contribution in [3.8, 4) is 5.75 Å². The number of nitrogens with zero attached hydrogens (tertiary/aromatic N) is 1. The highest BCUT2D eigenvalue weighted by molar-refractivity contribution is 6.35. The van der Waals surface area contributed by atoms with Crippen molar-refractivity contribution in [2.24, 2.45) is 4.99 Å². The van der Waals surface area contributed by atoms with E-state index in [2.05, 4.69) is 10.3 Å². The second-order valence-corrected chi connectivity index (χ2v) is 5.87. The summed E-state index contributed by atoms with van der Waals surface area (Å²) >= 11 is 12.1. The summed E-state index contributed by atoms with van der Waals surface area (Å²) in [6.45, 7) is 2.18. The van der Waals surface area contributed by atoms with E-state index < -0.39 is 0 Å². The third kappa shape index (κ3) is 3.54. The predicted octanol–water partition coefficient (Wildman–Crippen LogP) is 4.31. The number of rotatable bonds is 4. The standard InChI is InChI=1S/C17H16Cl2N2O/c18-13-7-6-12(15(19)10-13)11-22-16-5-2-1-4-14(16)17-20-8-3-9-21-17/h1-2,4-7,10H,3,8-9,11H2,(H,20,21). The smallest absolute Gasteiger partial charge is 0.132 e. The second-order valence-electron chi connectivity index (χ2n) is 5.03. The Hall–Kier alpha value is -1.71. The molecule has 5 heteroatoms. The Morgan fingerprint density at radius 2 is 2.00 bits per heavy atom. The molecule has 114 valence electrons. The molecule has 1 heterocycles. The van der Waals surface area contributed by atoms with Gasteiger partial charge in [0, 0.05) is 28.7 Å². The highest BCUT2D eigenvalue weighted by Crippen LogP contribution is 2.24.